The Balaban J connectivity index is 1.61. The van der Waals surface area contributed by atoms with Gasteiger partial charge in [0.05, 0.1) is 11.9 Å². The van der Waals surface area contributed by atoms with Gasteiger partial charge in [0.25, 0.3) is 5.91 Å². The Hall–Kier alpha value is -2.32. The quantitative estimate of drug-likeness (QED) is 0.814. The van der Waals surface area contributed by atoms with Crippen LogP contribution in [-0.4, -0.2) is 59.7 Å². The van der Waals surface area contributed by atoms with Gasteiger partial charge in [-0.25, -0.2) is 13.4 Å². The molecule has 0 unspecified atom stereocenters. The molecule has 132 valence electrons. The first kappa shape index (κ1) is 17.5. The van der Waals surface area contributed by atoms with Crippen LogP contribution in [0.5, 0.6) is 0 Å². The molecule has 25 heavy (non-hydrogen) atoms. The first-order chi connectivity index (χ1) is 12.0. The van der Waals surface area contributed by atoms with Crippen LogP contribution < -0.4 is 0 Å². The third-order valence-electron chi connectivity index (χ3n) is 4.17. The molecule has 1 fully saturated rings. The molecule has 1 aromatic carbocycles. The lowest BCUT2D eigenvalue weighted by Crippen LogP contribution is -2.50. The molecular formula is C17H20N4O3S. The lowest BCUT2D eigenvalue weighted by Gasteiger charge is -2.33. The molecule has 0 bridgehead atoms. The Bertz CT molecular complexity index is 830. The van der Waals surface area contributed by atoms with Gasteiger partial charge in [-0.1, -0.05) is 29.8 Å². The molecule has 1 amide bonds. The third kappa shape index (κ3) is 4.21. The maximum Gasteiger partial charge on any atom is 0.274 e. The van der Waals surface area contributed by atoms with Gasteiger partial charge in [0, 0.05) is 38.6 Å². The van der Waals surface area contributed by atoms with Gasteiger partial charge in [0.1, 0.15) is 5.69 Å². The van der Waals surface area contributed by atoms with Crippen molar-refractivity contribution in [2.45, 2.75) is 12.7 Å². The van der Waals surface area contributed by atoms with Crippen molar-refractivity contribution in [1.82, 2.24) is 19.2 Å². The van der Waals surface area contributed by atoms with Crippen LogP contribution in [-0.2, 0) is 15.8 Å². The number of piperazine rings is 1. The molecule has 0 saturated carbocycles. The van der Waals surface area contributed by atoms with Crippen molar-refractivity contribution >= 4 is 15.9 Å². The fraction of sp³-hybridized carbons (Fsp3) is 0.353. The summed E-state index contributed by atoms with van der Waals surface area (Å²) in [6.07, 6.45) is 4.39. The van der Waals surface area contributed by atoms with Crippen LogP contribution in [0.3, 0.4) is 0 Å². The van der Waals surface area contributed by atoms with Gasteiger partial charge in [0.15, 0.2) is 0 Å². The highest BCUT2D eigenvalue weighted by Crippen LogP contribution is 2.15. The van der Waals surface area contributed by atoms with E-state index in [1.807, 2.05) is 31.2 Å². The van der Waals surface area contributed by atoms with E-state index in [9.17, 15) is 13.2 Å². The maximum absolute atomic E-state index is 12.6. The van der Waals surface area contributed by atoms with Crippen LogP contribution in [0, 0.1) is 6.92 Å². The van der Waals surface area contributed by atoms with E-state index in [-0.39, 0.29) is 17.4 Å². The minimum atomic E-state index is -3.40. The number of amides is 1. The number of hydrogen-bond donors (Lipinski definition) is 0. The van der Waals surface area contributed by atoms with Crippen LogP contribution in [0.2, 0.25) is 0 Å². The number of carbonyl (C=O) groups excluding carboxylic acids is 1. The smallest absolute Gasteiger partial charge is 0.274 e. The maximum atomic E-state index is 12.6. The molecule has 8 heteroatoms. The van der Waals surface area contributed by atoms with Gasteiger partial charge in [0.2, 0.25) is 10.0 Å². The van der Waals surface area contributed by atoms with E-state index in [0.717, 1.165) is 11.1 Å². The van der Waals surface area contributed by atoms with E-state index in [1.165, 1.54) is 22.9 Å². The highest BCUT2D eigenvalue weighted by atomic mass is 32.2. The molecule has 7 nitrogen and oxygen atoms in total. The molecule has 0 radical (unpaired) electrons. The van der Waals surface area contributed by atoms with Gasteiger partial charge >= 0.3 is 0 Å². The zero-order chi connectivity index (χ0) is 17.9. The molecule has 0 atom stereocenters. The molecule has 0 spiro atoms. The Labute approximate surface area is 147 Å². The fourth-order valence-corrected chi connectivity index (χ4v) is 4.24. The third-order valence-corrected chi connectivity index (χ3v) is 6.02. The molecule has 2 heterocycles. The van der Waals surface area contributed by atoms with Gasteiger partial charge in [-0.3, -0.25) is 9.78 Å². The summed E-state index contributed by atoms with van der Waals surface area (Å²) in [4.78, 5) is 21.8. The lowest BCUT2D eigenvalue weighted by atomic mass is 10.2. The number of aryl methyl sites for hydroxylation is 1. The Morgan fingerprint density at radius 1 is 1.08 bits per heavy atom. The molecule has 1 aliphatic heterocycles. The van der Waals surface area contributed by atoms with Gasteiger partial charge in [-0.05, 0) is 12.5 Å². The minimum absolute atomic E-state index is 0.0224. The Morgan fingerprint density at radius 3 is 2.36 bits per heavy atom. The van der Waals surface area contributed by atoms with Crippen LogP contribution >= 0.6 is 0 Å². The van der Waals surface area contributed by atoms with E-state index in [2.05, 4.69) is 9.97 Å². The summed E-state index contributed by atoms with van der Waals surface area (Å²) in [5.74, 6) is -0.241. The molecular weight excluding hydrogens is 340 g/mol. The lowest BCUT2D eigenvalue weighted by molar-refractivity contribution is 0.0691. The summed E-state index contributed by atoms with van der Waals surface area (Å²) < 4.78 is 26.6. The number of benzene rings is 1. The van der Waals surface area contributed by atoms with E-state index in [4.69, 9.17) is 0 Å². The van der Waals surface area contributed by atoms with Gasteiger partial charge < -0.3 is 4.90 Å². The average Bonchev–Trinajstić information content (AvgIpc) is 2.64. The zero-order valence-corrected chi connectivity index (χ0v) is 14.8. The molecule has 0 aliphatic carbocycles. The average molecular weight is 360 g/mol. The Morgan fingerprint density at radius 2 is 1.76 bits per heavy atom. The summed E-state index contributed by atoms with van der Waals surface area (Å²) >= 11 is 0. The molecule has 2 aromatic rings. The van der Waals surface area contributed by atoms with Gasteiger partial charge in [-0.15, -0.1) is 0 Å². The van der Waals surface area contributed by atoms with Crippen LogP contribution in [0.1, 0.15) is 21.6 Å². The zero-order valence-electron chi connectivity index (χ0n) is 14.0. The van der Waals surface area contributed by atoms with Crippen molar-refractivity contribution in [3.05, 3.63) is 59.7 Å². The van der Waals surface area contributed by atoms with E-state index in [0.29, 0.717) is 26.2 Å². The minimum Gasteiger partial charge on any atom is -0.335 e. The SMILES string of the molecule is Cc1ccc(CS(=O)(=O)N2CCN(C(=O)c3cnccn3)CC2)cc1. The molecule has 1 saturated heterocycles. The van der Waals surface area contributed by atoms with Gasteiger partial charge in [-0.2, -0.15) is 4.31 Å². The second-order valence-corrected chi connectivity index (χ2v) is 7.99. The molecule has 1 aliphatic rings. The van der Waals surface area contributed by atoms with Crippen molar-refractivity contribution in [2.24, 2.45) is 0 Å². The summed E-state index contributed by atoms with van der Waals surface area (Å²) in [6.45, 7) is 3.25. The first-order valence-corrected chi connectivity index (χ1v) is 9.65. The van der Waals surface area contributed by atoms with Crippen LogP contribution in [0.25, 0.3) is 0 Å². The fourth-order valence-electron chi connectivity index (χ4n) is 2.73. The van der Waals surface area contributed by atoms with Crippen molar-refractivity contribution in [1.29, 1.82) is 0 Å². The molecule has 1 aromatic heterocycles. The molecule has 3 rings (SSSR count). The van der Waals surface area contributed by atoms with E-state index >= 15 is 0 Å². The summed E-state index contributed by atoms with van der Waals surface area (Å²) in [5.41, 5.74) is 2.14. The number of aromatic nitrogens is 2. The van der Waals surface area contributed by atoms with Crippen molar-refractivity contribution in [3.8, 4) is 0 Å². The predicted octanol–water partition coefficient (Wildman–Crippen LogP) is 1.07. The van der Waals surface area contributed by atoms with Crippen molar-refractivity contribution < 1.29 is 13.2 Å². The highest BCUT2D eigenvalue weighted by molar-refractivity contribution is 7.88. The number of rotatable bonds is 4. The largest absolute Gasteiger partial charge is 0.335 e. The second-order valence-electron chi connectivity index (χ2n) is 6.02. The summed E-state index contributed by atoms with van der Waals surface area (Å²) in [7, 11) is -3.40. The first-order valence-electron chi connectivity index (χ1n) is 8.04. The Kier molecular flexibility index (Phi) is 5.10. The number of hydrogen-bond acceptors (Lipinski definition) is 5. The second kappa shape index (κ2) is 7.28. The summed E-state index contributed by atoms with van der Waals surface area (Å²) in [5, 5.41) is 0. The number of nitrogens with zero attached hydrogens (tertiary/aromatic N) is 4. The van der Waals surface area contributed by atoms with E-state index < -0.39 is 10.0 Å². The van der Waals surface area contributed by atoms with Crippen molar-refractivity contribution in [3.63, 3.8) is 0 Å². The normalized spacial score (nSPS) is 16.0. The summed E-state index contributed by atoms with van der Waals surface area (Å²) in [6, 6.07) is 7.48. The van der Waals surface area contributed by atoms with Crippen LogP contribution in [0.15, 0.2) is 42.9 Å². The predicted molar refractivity (Wildman–Crippen MR) is 93.3 cm³/mol. The van der Waals surface area contributed by atoms with Crippen molar-refractivity contribution in [2.75, 3.05) is 26.2 Å². The molecule has 0 N–H and O–H groups in total. The standard InChI is InChI=1S/C17H20N4O3S/c1-14-2-4-15(5-3-14)13-25(23,24)21-10-8-20(9-11-21)17(22)16-12-18-6-7-19-16/h2-7,12H,8-11,13H2,1H3. The van der Waals surface area contributed by atoms with Crippen LogP contribution in [0.4, 0.5) is 0 Å². The number of carbonyl (C=O) groups is 1. The topological polar surface area (TPSA) is 83.5 Å². The highest BCUT2D eigenvalue weighted by Gasteiger charge is 2.29. The van der Waals surface area contributed by atoms with E-state index in [1.54, 1.807) is 4.90 Å². The number of sulfonamides is 1. The monoisotopic (exact) mass is 360 g/mol.